The molecular formula is C31H34O7. The van der Waals surface area contributed by atoms with Gasteiger partial charge < -0.3 is 29.2 Å². The minimum atomic E-state index is -0.824. The summed E-state index contributed by atoms with van der Waals surface area (Å²) in [4.78, 5) is 11.1. The van der Waals surface area contributed by atoms with Gasteiger partial charge in [-0.05, 0) is 78.8 Å². The summed E-state index contributed by atoms with van der Waals surface area (Å²) in [6, 6.07) is 18.1. The molecule has 1 fully saturated rings. The molecule has 5 rings (SSSR count). The summed E-state index contributed by atoms with van der Waals surface area (Å²) in [7, 11) is 0. The molecule has 200 valence electrons. The van der Waals surface area contributed by atoms with Crippen molar-refractivity contribution in [1.29, 1.82) is 0 Å². The lowest BCUT2D eigenvalue weighted by atomic mass is 9.94. The number of rotatable bonds is 9. The van der Waals surface area contributed by atoms with E-state index >= 15 is 0 Å². The molecule has 2 aliphatic rings. The number of benzene rings is 3. The van der Waals surface area contributed by atoms with Gasteiger partial charge in [0.1, 0.15) is 30.5 Å². The van der Waals surface area contributed by atoms with E-state index in [2.05, 4.69) is 38.1 Å². The quantitative estimate of drug-likeness (QED) is 0.391. The first-order valence-electron chi connectivity index (χ1n) is 13.1. The molecular weight excluding hydrogens is 484 g/mol. The molecule has 1 saturated heterocycles. The number of aliphatic hydroxyl groups is 1. The van der Waals surface area contributed by atoms with Crippen LogP contribution in [-0.2, 0) is 16.1 Å². The van der Waals surface area contributed by atoms with Crippen LogP contribution in [0.15, 0.2) is 54.6 Å². The lowest BCUT2D eigenvalue weighted by Crippen LogP contribution is -2.33. The van der Waals surface area contributed by atoms with Crippen LogP contribution in [0, 0.1) is 13.8 Å². The number of carboxylic acid groups (broad SMARTS) is 1. The van der Waals surface area contributed by atoms with Crippen LogP contribution in [0.2, 0.25) is 0 Å². The van der Waals surface area contributed by atoms with Crippen molar-refractivity contribution in [2.75, 3.05) is 19.8 Å². The first-order valence-corrected chi connectivity index (χ1v) is 13.1. The van der Waals surface area contributed by atoms with E-state index in [0.29, 0.717) is 37.9 Å². The molecule has 0 spiro atoms. The van der Waals surface area contributed by atoms with E-state index in [0.717, 1.165) is 46.4 Å². The maximum Gasteiger partial charge on any atom is 0.304 e. The van der Waals surface area contributed by atoms with Gasteiger partial charge in [0.2, 0.25) is 0 Å². The molecule has 3 aromatic carbocycles. The second-order valence-corrected chi connectivity index (χ2v) is 10.2. The SMILES string of the molecule is Cc1cc(OC[C@@H]2CC[C@H](O)CO2)cc(C)c1-c1cccc(COc2ccc3c(c2)OCC3CC(=O)O)c1. The minimum absolute atomic E-state index is 0.0128. The topological polar surface area (TPSA) is 94.5 Å². The molecule has 0 radical (unpaired) electrons. The highest BCUT2D eigenvalue weighted by Crippen LogP contribution is 2.38. The van der Waals surface area contributed by atoms with E-state index in [4.69, 9.17) is 24.1 Å². The summed E-state index contributed by atoms with van der Waals surface area (Å²) in [5.74, 6) is 1.27. The Morgan fingerprint density at radius 2 is 1.79 bits per heavy atom. The maximum atomic E-state index is 11.1. The number of aliphatic hydroxyl groups excluding tert-OH is 1. The van der Waals surface area contributed by atoms with Gasteiger partial charge in [-0.1, -0.05) is 24.3 Å². The molecule has 0 bridgehead atoms. The van der Waals surface area contributed by atoms with E-state index in [9.17, 15) is 9.90 Å². The Balaban J connectivity index is 1.23. The predicted octanol–water partition coefficient (Wildman–Crippen LogP) is 5.42. The second kappa shape index (κ2) is 11.5. The normalized spacial score (nSPS) is 20.4. The fraction of sp³-hybridized carbons (Fsp3) is 0.387. The summed E-state index contributed by atoms with van der Waals surface area (Å²) in [6.45, 7) is 5.82. The third-order valence-corrected chi connectivity index (χ3v) is 7.20. The summed E-state index contributed by atoms with van der Waals surface area (Å²) >= 11 is 0. The lowest BCUT2D eigenvalue weighted by molar-refractivity contribution is -0.137. The Kier molecular flexibility index (Phi) is 7.86. The van der Waals surface area contributed by atoms with Gasteiger partial charge in [-0.25, -0.2) is 0 Å². The molecule has 7 nitrogen and oxygen atoms in total. The third-order valence-electron chi connectivity index (χ3n) is 7.20. The lowest BCUT2D eigenvalue weighted by Gasteiger charge is -2.26. The average Bonchev–Trinajstić information content (AvgIpc) is 3.28. The number of ether oxygens (including phenoxy) is 4. The summed E-state index contributed by atoms with van der Waals surface area (Å²) in [6.07, 6.45) is 1.26. The largest absolute Gasteiger partial charge is 0.492 e. The van der Waals surface area contributed by atoms with Crippen molar-refractivity contribution in [2.45, 2.75) is 57.8 Å². The van der Waals surface area contributed by atoms with E-state index in [-0.39, 0.29) is 24.5 Å². The molecule has 2 heterocycles. The van der Waals surface area contributed by atoms with Gasteiger partial charge in [0.25, 0.3) is 0 Å². The number of carboxylic acids is 1. The summed E-state index contributed by atoms with van der Waals surface area (Å²) in [5.41, 5.74) is 6.51. The van der Waals surface area contributed by atoms with E-state index in [1.807, 2.05) is 30.3 Å². The van der Waals surface area contributed by atoms with Crippen LogP contribution < -0.4 is 14.2 Å². The standard InChI is InChI=1S/C31H34O7/c1-19-10-27(37-18-26-7-6-24(32)17-36-26)11-20(2)31(19)22-5-3-4-21(12-22)15-35-25-8-9-28-23(13-30(33)34)16-38-29(28)14-25/h3-5,8-12,14,23-24,26,32H,6-7,13,15-18H2,1-2H3,(H,33,34)/t23?,24-,26-/m0/s1. The Labute approximate surface area is 222 Å². The van der Waals surface area contributed by atoms with Gasteiger partial charge in [-0.15, -0.1) is 0 Å². The van der Waals surface area contributed by atoms with Gasteiger partial charge >= 0.3 is 5.97 Å². The zero-order chi connectivity index (χ0) is 26.6. The zero-order valence-corrected chi connectivity index (χ0v) is 21.8. The Hall–Kier alpha value is -3.55. The summed E-state index contributed by atoms with van der Waals surface area (Å²) < 4.78 is 23.5. The highest BCUT2D eigenvalue weighted by Gasteiger charge is 2.26. The van der Waals surface area contributed by atoms with Crippen molar-refractivity contribution in [3.05, 3.63) is 76.9 Å². The van der Waals surface area contributed by atoms with E-state index in [1.165, 1.54) is 5.56 Å². The highest BCUT2D eigenvalue weighted by atomic mass is 16.5. The van der Waals surface area contributed by atoms with Crippen LogP contribution in [-0.4, -0.2) is 48.2 Å². The molecule has 0 saturated carbocycles. The smallest absolute Gasteiger partial charge is 0.304 e. The van der Waals surface area contributed by atoms with Crippen molar-refractivity contribution in [2.24, 2.45) is 0 Å². The first kappa shape index (κ1) is 26.1. The number of aliphatic carboxylic acids is 1. The summed E-state index contributed by atoms with van der Waals surface area (Å²) in [5, 5.41) is 18.7. The van der Waals surface area contributed by atoms with Crippen LogP contribution in [0.5, 0.6) is 17.2 Å². The molecule has 0 aromatic heterocycles. The number of aryl methyl sites for hydroxylation is 2. The monoisotopic (exact) mass is 518 g/mol. The van der Waals surface area contributed by atoms with Crippen LogP contribution in [0.4, 0.5) is 0 Å². The van der Waals surface area contributed by atoms with Gasteiger partial charge in [0.15, 0.2) is 0 Å². The Morgan fingerprint density at radius 3 is 2.53 bits per heavy atom. The molecule has 2 N–H and O–H groups in total. The fourth-order valence-corrected chi connectivity index (χ4v) is 5.29. The molecule has 2 aliphatic heterocycles. The second-order valence-electron chi connectivity index (χ2n) is 10.2. The molecule has 1 unspecified atom stereocenters. The van der Waals surface area contributed by atoms with Gasteiger partial charge in [-0.2, -0.15) is 0 Å². The fourth-order valence-electron chi connectivity index (χ4n) is 5.29. The molecule has 3 aromatic rings. The number of hydrogen-bond donors (Lipinski definition) is 2. The van der Waals surface area contributed by atoms with Crippen LogP contribution in [0.1, 0.15) is 47.4 Å². The maximum absolute atomic E-state index is 11.1. The number of fused-ring (bicyclic) bond motifs is 1. The van der Waals surface area contributed by atoms with Crippen molar-refractivity contribution in [3.63, 3.8) is 0 Å². The van der Waals surface area contributed by atoms with Crippen molar-refractivity contribution in [1.82, 2.24) is 0 Å². The van der Waals surface area contributed by atoms with Crippen molar-refractivity contribution >= 4 is 5.97 Å². The third kappa shape index (κ3) is 6.11. The minimum Gasteiger partial charge on any atom is -0.492 e. The molecule has 38 heavy (non-hydrogen) atoms. The number of hydrogen-bond acceptors (Lipinski definition) is 6. The Bertz CT molecular complexity index is 1270. The van der Waals surface area contributed by atoms with Crippen LogP contribution >= 0.6 is 0 Å². The molecule has 0 amide bonds. The van der Waals surface area contributed by atoms with Gasteiger partial charge in [0, 0.05) is 17.5 Å². The highest BCUT2D eigenvalue weighted by molar-refractivity contribution is 5.72. The van der Waals surface area contributed by atoms with E-state index < -0.39 is 5.97 Å². The molecule has 0 aliphatic carbocycles. The molecule has 7 heteroatoms. The van der Waals surface area contributed by atoms with E-state index in [1.54, 1.807) is 0 Å². The zero-order valence-electron chi connectivity index (χ0n) is 21.8. The first-order chi connectivity index (χ1) is 18.4. The van der Waals surface area contributed by atoms with Crippen LogP contribution in [0.3, 0.4) is 0 Å². The van der Waals surface area contributed by atoms with Gasteiger partial charge in [0.05, 0.1) is 31.8 Å². The van der Waals surface area contributed by atoms with Gasteiger partial charge in [-0.3, -0.25) is 4.79 Å². The van der Waals surface area contributed by atoms with Crippen molar-refractivity contribution < 1.29 is 34.0 Å². The Morgan fingerprint density at radius 1 is 0.974 bits per heavy atom. The average molecular weight is 519 g/mol. The van der Waals surface area contributed by atoms with Crippen LogP contribution in [0.25, 0.3) is 11.1 Å². The van der Waals surface area contributed by atoms with Crippen molar-refractivity contribution in [3.8, 4) is 28.4 Å². The number of carbonyl (C=O) groups is 1. The predicted molar refractivity (Wildman–Crippen MR) is 143 cm³/mol. The molecule has 3 atom stereocenters.